The molecule has 0 spiro atoms. The first-order valence-electron chi connectivity index (χ1n) is 15.9. The molecule has 0 amide bonds. The Balaban J connectivity index is 0.000000984. The molecule has 0 aliphatic heterocycles. The van der Waals surface area contributed by atoms with Crippen molar-refractivity contribution in [3.8, 4) is 17.2 Å². The second-order valence-corrected chi connectivity index (χ2v) is 17.2. The summed E-state index contributed by atoms with van der Waals surface area (Å²) in [7, 11) is -5.22. The first-order valence-corrected chi connectivity index (χ1v) is 18.2. The maximum atomic E-state index is 11.1. The number of hydrogen-bond acceptors (Lipinski definition) is 8. The predicted octanol–water partition coefficient (Wildman–Crippen LogP) is 9.18. The van der Waals surface area contributed by atoms with Crippen LogP contribution in [0.25, 0.3) is 0 Å². The first kappa shape index (κ1) is 40.9. The third-order valence-corrected chi connectivity index (χ3v) is 9.77. The minimum Gasteiger partial charge on any atom is -0.508 e. The van der Waals surface area contributed by atoms with Crippen LogP contribution in [0.15, 0.2) is 36.4 Å². The Labute approximate surface area is 284 Å². The van der Waals surface area contributed by atoms with Crippen molar-refractivity contribution in [2.24, 2.45) is 0 Å². The summed E-state index contributed by atoms with van der Waals surface area (Å²) in [6, 6.07) is 12.4. The van der Waals surface area contributed by atoms with E-state index in [1.165, 1.54) is 0 Å². The second kappa shape index (κ2) is 15.1. The highest BCUT2D eigenvalue weighted by atomic mass is 31.2. The Bertz CT molecular complexity index is 1370. The normalized spacial score (nSPS) is 12.8. The van der Waals surface area contributed by atoms with E-state index in [4.69, 9.17) is 19.6 Å². The molecule has 0 fully saturated rings. The summed E-state index contributed by atoms with van der Waals surface area (Å²) < 4.78 is 3.60. The summed E-state index contributed by atoms with van der Waals surface area (Å²) in [6.45, 7) is 27.7. The lowest BCUT2D eigenvalue weighted by Gasteiger charge is -2.42. The summed E-state index contributed by atoms with van der Waals surface area (Å²) in [5.74, 6) is 0.944. The highest BCUT2D eigenvalue weighted by Gasteiger charge is 2.42. The van der Waals surface area contributed by atoms with Gasteiger partial charge in [-0.25, -0.2) is 4.31 Å². The molecule has 0 atom stereocenters. The van der Waals surface area contributed by atoms with Crippen molar-refractivity contribution in [3.63, 3.8) is 0 Å². The standard InChI is InChI=1S/C37H52O3.H4O5P2/c1-14-15-37(25-19-28(34(5,6)7)31(38)16-22(25)2,26-20-29(35(8,9)10)32(39)17-23(26)3)27-21-30(36(11,12)13)33(40)18-24(27)4;1-6(2)5-7(3)4/h16-21,38-40H,14-15H2,1-13H3;1-4H. The van der Waals surface area contributed by atoms with Crippen molar-refractivity contribution < 1.29 is 39.2 Å². The van der Waals surface area contributed by atoms with E-state index in [9.17, 15) is 15.3 Å². The zero-order valence-electron chi connectivity index (χ0n) is 30.3. The molecule has 0 unspecified atom stereocenters. The van der Waals surface area contributed by atoms with E-state index >= 15 is 0 Å². The molecule has 10 heteroatoms. The third-order valence-electron chi connectivity index (χ3n) is 8.60. The lowest BCUT2D eigenvalue weighted by atomic mass is 9.61. The zero-order chi connectivity index (χ0) is 36.4. The van der Waals surface area contributed by atoms with Crippen LogP contribution in [-0.2, 0) is 26.0 Å². The fourth-order valence-corrected chi connectivity index (χ4v) is 7.06. The lowest BCUT2D eigenvalue weighted by molar-refractivity contribution is 0.324. The monoisotopic (exact) mass is 690 g/mol. The largest absolute Gasteiger partial charge is 0.508 e. The van der Waals surface area contributed by atoms with Crippen LogP contribution in [0.1, 0.15) is 132 Å². The molecule has 0 heterocycles. The molecule has 47 heavy (non-hydrogen) atoms. The van der Waals surface area contributed by atoms with Crippen LogP contribution in [0.3, 0.4) is 0 Å². The van der Waals surface area contributed by atoms with Crippen LogP contribution in [0, 0.1) is 20.8 Å². The van der Waals surface area contributed by atoms with Crippen molar-refractivity contribution in [2.45, 2.75) is 125 Å². The van der Waals surface area contributed by atoms with Gasteiger partial charge in [0.2, 0.25) is 0 Å². The molecular formula is C37H56O8P2. The summed E-state index contributed by atoms with van der Waals surface area (Å²) in [4.78, 5) is 31.3. The van der Waals surface area contributed by atoms with Crippen LogP contribution < -0.4 is 0 Å². The fourth-order valence-electron chi connectivity index (χ4n) is 6.54. The topological polar surface area (TPSA) is 151 Å². The van der Waals surface area contributed by atoms with Gasteiger partial charge in [0.25, 0.3) is 0 Å². The molecule has 0 aliphatic carbocycles. The van der Waals surface area contributed by atoms with Crippen LogP contribution in [0.2, 0.25) is 0 Å². The molecule has 0 bridgehead atoms. The van der Waals surface area contributed by atoms with Gasteiger partial charge in [-0.1, -0.05) is 93.9 Å². The van der Waals surface area contributed by atoms with E-state index in [2.05, 4.69) is 113 Å². The van der Waals surface area contributed by atoms with Crippen molar-refractivity contribution in [2.75, 3.05) is 0 Å². The van der Waals surface area contributed by atoms with E-state index in [0.29, 0.717) is 17.2 Å². The Morgan fingerprint density at radius 3 is 0.915 bits per heavy atom. The fraction of sp³-hybridized carbons (Fsp3) is 0.514. The minimum absolute atomic E-state index is 0.258. The number of aryl methyl sites for hydroxylation is 3. The number of aromatic hydroxyl groups is 3. The summed E-state index contributed by atoms with van der Waals surface area (Å²) in [6.07, 6.45) is 1.74. The summed E-state index contributed by atoms with van der Waals surface area (Å²) in [5.41, 5.74) is 7.90. The van der Waals surface area contributed by atoms with Crippen molar-refractivity contribution in [1.82, 2.24) is 0 Å². The smallest absolute Gasteiger partial charge is 0.334 e. The molecule has 8 nitrogen and oxygen atoms in total. The van der Waals surface area contributed by atoms with Crippen LogP contribution in [0.4, 0.5) is 0 Å². The molecule has 0 saturated carbocycles. The zero-order valence-corrected chi connectivity index (χ0v) is 32.1. The molecule has 3 aromatic rings. The molecule has 0 radical (unpaired) electrons. The summed E-state index contributed by atoms with van der Waals surface area (Å²) in [5, 5.41) is 33.3. The van der Waals surface area contributed by atoms with Gasteiger partial charge in [0.15, 0.2) is 0 Å². The molecule has 7 N–H and O–H groups in total. The van der Waals surface area contributed by atoms with Gasteiger partial charge in [-0.3, -0.25) is 0 Å². The van der Waals surface area contributed by atoms with E-state index in [0.717, 1.165) is 62.9 Å². The number of hydrogen-bond donors (Lipinski definition) is 7. The number of phenolic OH excluding ortho intramolecular Hbond substituents is 3. The average Bonchev–Trinajstić information content (AvgIpc) is 2.85. The Morgan fingerprint density at radius 1 is 0.489 bits per heavy atom. The van der Waals surface area contributed by atoms with Gasteiger partial charge >= 0.3 is 17.2 Å². The number of rotatable bonds is 7. The van der Waals surface area contributed by atoms with Gasteiger partial charge in [0.05, 0.1) is 0 Å². The maximum Gasteiger partial charge on any atom is 0.334 e. The summed E-state index contributed by atoms with van der Waals surface area (Å²) >= 11 is 0. The average molecular weight is 691 g/mol. The Kier molecular flexibility index (Phi) is 13.1. The molecule has 3 aromatic carbocycles. The molecule has 0 aliphatic rings. The first-order chi connectivity index (χ1) is 21.3. The van der Waals surface area contributed by atoms with Crippen LogP contribution in [0.5, 0.6) is 17.2 Å². The Hall–Kier alpha value is -2.28. The van der Waals surface area contributed by atoms with E-state index in [1.54, 1.807) is 0 Å². The van der Waals surface area contributed by atoms with Gasteiger partial charge in [-0.15, -0.1) is 0 Å². The van der Waals surface area contributed by atoms with E-state index in [-0.39, 0.29) is 16.2 Å². The van der Waals surface area contributed by atoms with Crippen LogP contribution in [-0.4, -0.2) is 34.9 Å². The maximum absolute atomic E-state index is 11.1. The minimum atomic E-state index is -2.61. The highest BCUT2D eigenvalue weighted by Crippen LogP contribution is 2.52. The van der Waals surface area contributed by atoms with Crippen molar-refractivity contribution >= 4 is 17.2 Å². The van der Waals surface area contributed by atoms with Gasteiger partial charge in [0, 0.05) is 5.41 Å². The van der Waals surface area contributed by atoms with Gasteiger partial charge in [0.1, 0.15) is 17.2 Å². The van der Waals surface area contributed by atoms with Gasteiger partial charge in [-0.2, -0.15) is 0 Å². The van der Waals surface area contributed by atoms with Crippen molar-refractivity contribution in [3.05, 3.63) is 86.5 Å². The van der Waals surface area contributed by atoms with E-state index in [1.807, 2.05) is 18.2 Å². The molecular weight excluding hydrogens is 634 g/mol. The SMILES string of the molecule is CCCC(c1cc(C(C)(C)C)c(O)cc1C)(c1cc(C(C)(C)C)c(O)cc1C)c1cc(C(C)(C)C)c(O)cc1C.OP(O)OP(O)O. The third kappa shape index (κ3) is 9.45. The number of benzene rings is 3. The molecule has 0 aromatic heterocycles. The lowest BCUT2D eigenvalue weighted by Crippen LogP contribution is -2.34. The second-order valence-electron chi connectivity index (χ2n) is 15.5. The van der Waals surface area contributed by atoms with Gasteiger partial charge < -0.3 is 34.9 Å². The molecule has 0 saturated heterocycles. The molecule has 3 rings (SSSR count). The van der Waals surface area contributed by atoms with Gasteiger partial charge in [-0.05, 0) is 112 Å². The highest BCUT2D eigenvalue weighted by molar-refractivity contribution is 7.53. The van der Waals surface area contributed by atoms with Crippen LogP contribution >= 0.6 is 17.2 Å². The molecule has 262 valence electrons. The Morgan fingerprint density at radius 2 is 0.745 bits per heavy atom. The van der Waals surface area contributed by atoms with E-state index < -0.39 is 22.6 Å². The number of phenols is 3. The predicted molar refractivity (Wildman–Crippen MR) is 193 cm³/mol. The quantitative estimate of drug-likeness (QED) is 0.0958. The van der Waals surface area contributed by atoms with Crippen molar-refractivity contribution in [1.29, 1.82) is 0 Å².